The largest absolute Gasteiger partial charge is 0.355 e. The zero-order chi connectivity index (χ0) is 15.1. The molecule has 6 heteroatoms. The number of benzene rings is 1. The molecule has 1 rings (SSSR count). The SMILES string of the molecule is C[C@H](CNC(=O)Cc1ccc([N+](=O)[O-])cc1)C[NH+](C)C. The van der Waals surface area contributed by atoms with Crippen LogP contribution < -0.4 is 10.2 Å². The molecule has 1 aromatic rings. The second-order valence-corrected chi connectivity index (χ2v) is 5.42. The predicted octanol–water partition coefficient (Wildman–Crippen LogP) is 0.0341. The van der Waals surface area contributed by atoms with Crippen molar-refractivity contribution in [2.24, 2.45) is 5.92 Å². The van der Waals surface area contributed by atoms with E-state index in [2.05, 4.69) is 26.3 Å². The molecule has 0 aliphatic rings. The number of nitro benzene ring substituents is 1. The van der Waals surface area contributed by atoms with Crippen LogP contribution in [0.1, 0.15) is 12.5 Å². The summed E-state index contributed by atoms with van der Waals surface area (Å²) in [5.41, 5.74) is 0.815. The molecule has 110 valence electrons. The Bertz CT molecular complexity index is 457. The molecule has 1 atom stereocenters. The van der Waals surface area contributed by atoms with Crippen LogP contribution in [0.4, 0.5) is 5.69 Å². The number of hydrogen-bond acceptors (Lipinski definition) is 3. The van der Waals surface area contributed by atoms with Gasteiger partial charge in [0, 0.05) is 24.6 Å². The van der Waals surface area contributed by atoms with Gasteiger partial charge >= 0.3 is 0 Å². The van der Waals surface area contributed by atoms with Crippen molar-refractivity contribution in [3.8, 4) is 0 Å². The molecule has 0 aromatic heterocycles. The first kappa shape index (κ1) is 16.1. The molecule has 6 nitrogen and oxygen atoms in total. The number of quaternary nitrogens is 1. The molecule has 0 radical (unpaired) electrons. The monoisotopic (exact) mass is 280 g/mol. The van der Waals surface area contributed by atoms with Gasteiger partial charge in [-0.2, -0.15) is 0 Å². The topological polar surface area (TPSA) is 76.7 Å². The van der Waals surface area contributed by atoms with Gasteiger partial charge < -0.3 is 10.2 Å². The molecule has 2 N–H and O–H groups in total. The summed E-state index contributed by atoms with van der Waals surface area (Å²) >= 11 is 0. The third-order valence-electron chi connectivity index (χ3n) is 2.92. The van der Waals surface area contributed by atoms with Gasteiger partial charge in [-0.1, -0.05) is 19.1 Å². The van der Waals surface area contributed by atoms with Crippen LogP contribution in [0.5, 0.6) is 0 Å². The van der Waals surface area contributed by atoms with Crippen LogP contribution in [0.2, 0.25) is 0 Å². The van der Waals surface area contributed by atoms with Crippen molar-refractivity contribution in [1.29, 1.82) is 0 Å². The summed E-state index contributed by atoms with van der Waals surface area (Å²) in [5, 5.41) is 13.4. The molecule has 1 aromatic carbocycles. The molecule has 0 spiro atoms. The van der Waals surface area contributed by atoms with Crippen LogP contribution in [0.3, 0.4) is 0 Å². The van der Waals surface area contributed by atoms with Crippen molar-refractivity contribution in [2.75, 3.05) is 27.2 Å². The van der Waals surface area contributed by atoms with Crippen molar-refractivity contribution in [1.82, 2.24) is 5.32 Å². The maximum atomic E-state index is 11.8. The maximum Gasteiger partial charge on any atom is 0.269 e. The number of nitrogens with zero attached hydrogens (tertiary/aromatic N) is 1. The quantitative estimate of drug-likeness (QED) is 0.546. The van der Waals surface area contributed by atoms with E-state index in [1.54, 1.807) is 12.1 Å². The van der Waals surface area contributed by atoms with E-state index in [9.17, 15) is 14.9 Å². The first-order chi connectivity index (χ1) is 9.38. The lowest BCUT2D eigenvalue weighted by Crippen LogP contribution is -3.06. The third-order valence-corrected chi connectivity index (χ3v) is 2.92. The minimum Gasteiger partial charge on any atom is -0.355 e. The minimum atomic E-state index is -0.449. The lowest BCUT2D eigenvalue weighted by atomic mass is 10.1. The van der Waals surface area contributed by atoms with Crippen molar-refractivity contribution in [3.05, 3.63) is 39.9 Å². The maximum absolute atomic E-state index is 11.8. The normalized spacial score (nSPS) is 12.2. The molecule has 0 fully saturated rings. The highest BCUT2D eigenvalue weighted by Crippen LogP contribution is 2.12. The zero-order valence-electron chi connectivity index (χ0n) is 12.2. The fraction of sp³-hybridized carbons (Fsp3) is 0.500. The molecular weight excluding hydrogens is 258 g/mol. The highest BCUT2D eigenvalue weighted by atomic mass is 16.6. The van der Waals surface area contributed by atoms with Crippen LogP contribution in [-0.2, 0) is 11.2 Å². The van der Waals surface area contributed by atoms with E-state index in [0.29, 0.717) is 12.5 Å². The fourth-order valence-corrected chi connectivity index (χ4v) is 2.04. The zero-order valence-corrected chi connectivity index (χ0v) is 12.2. The molecule has 1 amide bonds. The molecule has 0 saturated heterocycles. The smallest absolute Gasteiger partial charge is 0.269 e. The Labute approximate surface area is 118 Å². The fourth-order valence-electron chi connectivity index (χ4n) is 2.04. The summed E-state index contributed by atoms with van der Waals surface area (Å²) in [6, 6.07) is 6.07. The highest BCUT2D eigenvalue weighted by molar-refractivity contribution is 5.78. The Kier molecular flexibility index (Phi) is 6.11. The molecular formula is C14H22N3O3+. The first-order valence-electron chi connectivity index (χ1n) is 6.67. The summed E-state index contributed by atoms with van der Waals surface area (Å²) in [4.78, 5) is 23.2. The van der Waals surface area contributed by atoms with Crippen LogP contribution in [0.15, 0.2) is 24.3 Å². The number of nitro groups is 1. The van der Waals surface area contributed by atoms with E-state index in [1.165, 1.54) is 17.0 Å². The lowest BCUT2D eigenvalue weighted by Gasteiger charge is -2.15. The van der Waals surface area contributed by atoms with Gasteiger partial charge in [0.2, 0.25) is 5.91 Å². The summed E-state index contributed by atoms with van der Waals surface area (Å²) in [6.45, 7) is 3.74. The van der Waals surface area contributed by atoms with Crippen LogP contribution >= 0.6 is 0 Å². The summed E-state index contributed by atoms with van der Waals surface area (Å²) in [7, 11) is 4.16. The van der Waals surface area contributed by atoms with E-state index in [0.717, 1.165) is 12.1 Å². The third kappa shape index (κ3) is 5.79. The number of nitrogens with one attached hydrogen (secondary N) is 2. The second kappa shape index (κ2) is 7.59. The Hall–Kier alpha value is -1.95. The number of carbonyl (C=O) groups excluding carboxylic acids is 1. The van der Waals surface area contributed by atoms with Crippen molar-refractivity contribution >= 4 is 11.6 Å². The Morgan fingerprint density at radius 1 is 1.35 bits per heavy atom. The summed E-state index contributed by atoms with van der Waals surface area (Å²) < 4.78 is 0. The Balaban J connectivity index is 2.40. The molecule has 0 aliphatic heterocycles. The molecule has 0 saturated carbocycles. The van der Waals surface area contributed by atoms with E-state index in [-0.39, 0.29) is 18.0 Å². The average Bonchev–Trinajstić information content (AvgIpc) is 2.36. The van der Waals surface area contributed by atoms with Gasteiger partial charge in [0.05, 0.1) is 32.0 Å². The van der Waals surface area contributed by atoms with E-state index < -0.39 is 4.92 Å². The Morgan fingerprint density at radius 2 is 1.95 bits per heavy atom. The second-order valence-electron chi connectivity index (χ2n) is 5.42. The summed E-state index contributed by atoms with van der Waals surface area (Å²) in [5.74, 6) is 0.361. The van der Waals surface area contributed by atoms with E-state index in [4.69, 9.17) is 0 Å². The van der Waals surface area contributed by atoms with Crippen molar-refractivity contribution in [2.45, 2.75) is 13.3 Å². The van der Waals surface area contributed by atoms with Gasteiger partial charge in [0.25, 0.3) is 5.69 Å². The van der Waals surface area contributed by atoms with Gasteiger partial charge in [-0.25, -0.2) is 0 Å². The van der Waals surface area contributed by atoms with E-state index >= 15 is 0 Å². The number of amides is 1. The van der Waals surface area contributed by atoms with Crippen LogP contribution in [-0.4, -0.2) is 38.0 Å². The molecule has 0 bridgehead atoms. The molecule has 20 heavy (non-hydrogen) atoms. The molecule has 0 aliphatic carbocycles. The molecule has 0 heterocycles. The summed E-state index contributed by atoms with van der Waals surface area (Å²) in [6.07, 6.45) is 0.250. The van der Waals surface area contributed by atoms with Gasteiger partial charge in [0.15, 0.2) is 0 Å². The van der Waals surface area contributed by atoms with Gasteiger partial charge in [-0.15, -0.1) is 0 Å². The number of hydrogen-bond donors (Lipinski definition) is 2. The minimum absolute atomic E-state index is 0.0386. The lowest BCUT2D eigenvalue weighted by molar-refractivity contribution is -0.861. The molecule has 0 unspecified atom stereocenters. The first-order valence-corrected chi connectivity index (χ1v) is 6.67. The van der Waals surface area contributed by atoms with Gasteiger partial charge in [-0.05, 0) is 5.56 Å². The standard InChI is InChI=1S/C14H21N3O3/c1-11(10-16(2)3)9-15-14(18)8-12-4-6-13(7-5-12)17(19)20/h4-7,11H,8-10H2,1-3H3,(H,15,18)/p+1/t11-/m1/s1. The Morgan fingerprint density at radius 3 is 2.45 bits per heavy atom. The number of rotatable bonds is 7. The van der Waals surface area contributed by atoms with Crippen molar-refractivity contribution < 1.29 is 14.6 Å². The number of non-ortho nitro benzene ring substituents is 1. The van der Waals surface area contributed by atoms with E-state index in [1.807, 2.05) is 0 Å². The van der Waals surface area contributed by atoms with Crippen LogP contribution in [0, 0.1) is 16.0 Å². The van der Waals surface area contributed by atoms with Gasteiger partial charge in [-0.3, -0.25) is 14.9 Å². The van der Waals surface area contributed by atoms with Crippen LogP contribution in [0.25, 0.3) is 0 Å². The highest BCUT2D eigenvalue weighted by Gasteiger charge is 2.10. The average molecular weight is 280 g/mol. The van der Waals surface area contributed by atoms with Gasteiger partial charge in [0.1, 0.15) is 0 Å². The van der Waals surface area contributed by atoms with Crippen molar-refractivity contribution in [3.63, 3.8) is 0 Å². The number of carbonyl (C=O) groups is 1. The predicted molar refractivity (Wildman–Crippen MR) is 76.7 cm³/mol.